The Morgan fingerprint density at radius 2 is 1.65 bits per heavy atom. The molecule has 4 rings (SSSR count). The van der Waals surface area contributed by atoms with E-state index < -0.39 is 17.7 Å². The van der Waals surface area contributed by atoms with Gasteiger partial charge in [0.05, 0.1) is 18.4 Å². The molecular formula is C23H19Cl3N2O3. The first kappa shape index (κ1) is 21.9. The number of hydrogen-bond donors (Lipinski definition) is 0. The average molecular weight is 478 g/mol. The number of imide groups is 1. The number of rotatable bonds is 4. The van der Waals surface area contributed by atoms with Gasteiger partial charge in [0.15, 0.2) is 0 Å². The fourth-order valence-corrected chi connectivity index (χ4v) is 4.64. The maximum atomic E-state index is 13.4. The van der Waals surface area contributed by atoms with Gasteiger partial charge in [-0.15, -0.1) is 0 Å². The molecule has 0 aromatic heterocycles. The summed E-state index contributed by atoms with van der Waals surface area (Å²) in [6.45, 7) is 1.89. The van der Waals surface area contributed by atoms with E-state index in [1.54, 1.807) is 42.5 Å². The van der Waals surface area contributed by atoms with E-state index in [0.29, 0.717) is 39.0 Å². The molecule has 31 heavy (non-hydrogen) atoms. The number of hydrogen-bond acceptors (Lipinski definition) is 3. The third-order valence-corrected chi connectivity index (χ3v) is 6.54. The minimum absolute atomic E-state index is 0.0548. The number of carbonyl (C=O) groups is 3. The Balaban J connectivity index is 1.73. The van der Waals surface area contributed by atoms with Gasteiger partial charge in [0.1, 0.15) is 0 Å². The number of amides is 3. The minimum atomic E-state index is -0.493. The fourth-order valence-electron chi connectivity index (χ4n) is 4.04. The number of benzene rings is 2. The number of carbonyl (C=O) groups excluding carboxylic acids is 3. The van der Waals surface area contributed by atoms with E-state index in [1.807, 2.05) is 13.0 Å². The normalized spacial score (nSPS) is 20.5. The first-order valence-electron chi connectivity index (χ1n) is 9.81. The van der Waals surface area contributed by atoms with E-state index in [2.05, 4.69) is 0 Å². The molecule has 3 amide bonds. The van der Waals surface area contributed by atoms with Crippen molar-refractivity contribution in [2.75, 3.05) is 0 Å². The second-order valence-electron chi connectivity index (χ2n) is 7.80. The number of fused-ring (bicyclic) bond motifs is 1. The summed E-state index contributed by atoms with van der Waals surface area (Å²) in [7, 11) is 0. The predicted octanol–water partition coefficient (Wildman–Crippen LogP) is 5.55. The van der Waals surface area contributed by atoms with Gasteiger partial charge in [0, 0.05) is 20.6 Å². The first-order valence-corrected chi connectivity index (χ1v) is 10.9. The monoisotopic (exact) mass is 476 g/mol. The van der Waals surface area contributed by atoms with Crippen LogP contribution in [0.3, 0.4) is 0 Å². The Bertz CT molecular complexity index is 1100. The Morgan fingerprint density at radius 3 is 2.32 bits per heavy atom. The number of nitrogens with zero attached hydrogens (tertiary/aromatic N) is 2. The summed E-state index contributed by atoms with van der Waals surface area (Å²) in [6, 6.07) is 11.2. The van der Waals surface area contributed by atoms with Crippen molar-refractivity contribution < 1.29 is 14.4 Å². The van der Waals surface area contributed by atoms with Crippen molar-refractivity contribution in [3.63, 3.8) is 0 Å². The molecule has 0 radical (unpaired) electrons. The molecule has 2 aromatic rings. The summed E-state index contributed by atoms with van der Waals surface area (Å²) in [6.07, 6.45) is 2.98. The molecule has 2 atom stereocenters. The van der Waals surface area contributed by atoms with Gasteiger partial charge < -0.3 is 0 Å². The highest BCUT2D eigenvalue weighted by Gasteiger charge is 2.51. The molecule has 1 fully saturated rings. The molecule has 0 saturated carbocycles. The van der Waals surface area contributed by atoms with Crippen LogP contribution in [0.4, 0.5) is 0 Å². The molecule has 5 nitrogen and oxygen atoms in total. The predicted molar refractivity (Wildman–Crippen MR) is 120 cm³/mol. The van der Waals surface area contributed by atoms with E-state index in [9.17, 15) is 14.4 Å². The lowest BCUT2D eigenvalue weighted by atomic mass is 9.82. The maximum absolute atomic E-state index is 13.4. The maximum Gasteiger partial charge on any atom is 0.273 e. The molecule has 160 valence electrons. The molecule has 1 aliphatic heterocycles. The van der Waals surface area contributed by atoms with Crippen LogP contribution in [0.15, 0.2) is 54.1 Å². The summed E-state index contributed by atoms with van der Waals surface area (Å²) in [5.74, 6) is -2.15. The molecule has 0 N–H and O–H groups in total. The van der Waals surface area contributed by atoms with Gasteiger partial charge in [-0.2, -0.15) is 5.01 Å². The molecule has 8 heteroatoms. The van der Waals surface area contributed by atoms with E-state index in [1.165, 1.54) is 5.01 Å². The summed E-state index contributed by atoms with van der Waals surface area (Å²) in [5, 5.41) is 3.45. The average Bonchev–Trinajstić information content (AvgIpc) is 2.97. The molecule has 0 spiro atoms. The zero-order valence-corrected chi connectivity index (χ0v) is 18.9. The Kier molecular flexibility index (Phi) is 6.11. The molecule has 1 aliphatic carbocycles. The lowest BCUT2D eigenvalue weighted by Crippen LogP contribution is -2.49. The highest BCUT2D eigenvalue weighted by atomic mass is 35.5. The summed E-state index contributed by atoms with van der Waals surface area (Å²) < 4.78 is 0. The lowest BCUT2D eigenvalue weighted by molar-refractivity contribution is -0.155. The second-order valence-corrected chi connectivity index (χ2v) is 9.08. The number of hydrazine groups is 1. The van der Waals surface area contributed by atoms with E-state index in [-0.39, 0.29) is 18.4 Å². The molecule has 2 aliphatic rings. The van der Waals surface area contributed by atoms with Gasteiger partial charge in [-0.3, -0.25) is 14.4 Å². The van der Waals surface area contributed by atoms with Crippen LogP contribution in [-0.2, 0) is 16.1 Å². The van der Waals surface area contributed by atoms with Crippen LogP contribution in [0.25, 0.3) is 0 Å². The van der Waals surface area contributed by atoms with E-state index >= 15 is 0 Å². The van der Waals surface area contributed by atoms with Crippen molar-refractivity contribution in [3.8, 4) is 0 Å². The zero-order valence-electron chi connectivity index (χ0n) is 16.6. The van der Waals surface area contributed by atoms with Crippen LogP contribution in [-0.4, -0.2) is 27.7 Å². The topological polar surface area (TPSA) is 57.7 Å². The smallest absolute Gasteiger partial charge is 0.272 e. The fraction of sp³-hybridized carbons (Fsp3) is 0.261. The highest BCUT2D eigenvalue weighted by molar-refractivity contribution is 6.35. The largest absolute Gasteiger partial charge is 0.273 e. The first-order chi connectivity index (χ1) is 14.8. The van der Waals surface area contributed by atoms with Crippen LogP contribution >= 0.6 is 34.8 Å². The van der Waals surface area contributed by atoms with Gasteiger partial charge in [0.25, 0.3) is 17.7 Å². The molecule has 1 saturated heterocycles. The molecule has 0 unspecified atom stereocenters. The highest BCUT2D eigenvalue weighted by Crippen LogP contribution is 2.39. The summed E-state index contributed by atoms with van der Waals surface area (Å²) in [4.78, 5) is 39.9. The van der Waals surface area contributed by atoms with Crippen LogP contribution < -0.4 is 0 Å². The van der Waals surface area contributed by atoms with Crippen LogP contribution in [0.2, 0.25) is 15.1 Å². The van der Waals surface area contributed by atoms with Crippen molar-refractivity contribution in [3.05, 3.63) is 80.3 Å². The van der Waals surface area contributed by atoms with E-state index in [4.69, 9.17) is 34.8 Å². The van der Waals surface area contributed by atoms with Gasteiger partial charge in [-0.05, 0) is 61.7 Å². The Morgan fingerprint density at radius 1 is 1.00 bits per heavy atom. The third kappa shape index (κ3) is 4.22. The SMILES string of the molecule is CC1=CC[C@@H]2C(=O)N(N(Cc3ccc(Cl)cc3Cl)C(=O)c3ccc(Cl)cc3)C(=O)[C@@H]2C1. The third-order valence-electron chi connectivity index (χ3n) is 5.70. The van der Waals surface area contributed by atoms with Crippen LogP contribution in [0, 0.1) is 11.8 Å². The Labute approximate surface area is 195 Å². The molecule has 2 aromatic carbocycles. The van der Waals surface area contributed by atoms with Crippen LogP contribution in [0.5, 0.6) is 0 Å². The van der Waals surface area contributed by atoms with Crippen LogP contribution in [0.1, 0.15) is 35.7 Å². The lowest BCUT2D eigenvalue weighted by Gasteiger charge is -2.31. The molecule has 1 heterocycles. The van der Waals surface area contributed by atoms with Crippen molar-refractivity contribution in [1.82, 2.24) is 10.0 Å². The number of halogens is 3. The molecule has 0 bridgehead atoms. The van der Waals surface area contributed by atoms with Gasteiger partial charge >= 0.3 is 0 Å². The quantitative estimate of drug-likeness (QED) is 0.429. The van der Waals surface area contributed by atoms with Crippen molar-refractivity contribution in [2.45, 2.75) is 26.3 Å². The summed E-state index contributed by atoms with van der Waals surface area (Å²) in [5.41, 5.74) is 1.94. The van der Waals surface area contributed by atoms with Crippen molar-refractivity contribution in [1.29, 1.82) is 0 Å². The van der Waals surface area contributed by atoms with Crippen molar-refractivity contribution >= 4 is 52.5 Å². The van der Waals surface area contributed by atoms with Gasteiger partial charge in [0.2, 0.25) is 0 Å². The Hall–Kier alpha value is -2.34. The second kappa shape index (κ2) is 8.65. The van der Waals surface area contributed by atoms with Crippen molar-refractivity contribution in [2.24, 2.45) is 11.8 Å². The molecular weight excluding hydrogens is 459 g/mol. The minimum Gasteiger partial charge on any atom is -0.272 e. The standard InChI is InChI=1S/C23H19Cl3N2O3/c1-13-2-9-18-19(10-13)23(31)28(22(18)30)27(12-15-5-8-17(25)11-20(15)26)21(29)14-3-6-16(24)7-4-14/h2-8,11,18-19H,9-10,12H2,1H3/t18-,19+/m0/s1. The number of allylic oxidation sites excluding steroid dienone is 2. The van der Waals surface area contributed by atoms with E-state index in [0.717, 1.165) is 10.6 Å². The summed E-state index contributed by atoms with van der Waals surface area (Å²) >= 11 is 18.3. The van der Waals surface area contributed by atoms with Gasteiger partial charge in [-0.25, -0.2) is 5.01 Å². The van der Waals surface area contributed by atoms with Gasteiger partial charge in [-0.1, -0.05) is 52.5 Å². The zero-order chi connectivity index (χ0) is 22.3.